The lowest BCUT2D eigenvalue weighted by Gasteiger charge is -2.18. The first-order chi connectivity index (χ1) is 15.5. The molecule has 3 aromatic rings. The van der Waals surface area contributed by atoms with Gasteiger partial charge in [-0.3, -0.25) is 9.59 Å². The predicted molar refractivity (Wildman–Crippen MR) is 124 cm³/mol. The van der Waals surface area contributed by atoms with Crippen molar-refractivity contribution in [2.24, 2.45) is 0 Å². The number of carbonyl (C=O) groups is 2. The molecule has 32 heavy (non-hydrogen) atoms. The Bertz CT molecular complexity index is 1070. The Labute approximate surface area is 197 Å². The van der Waals surface area contributed by atoms with E-state index in [4.69, 9.17) is 14.2 Å². The van der Waals surface area contributed by atoms with Crippen molar-refractivity contribution in [3.63, 3.8) is 0 Å². The summed E-state index contributed by atoms with van der Waals surface area (Å²) in [7, 11) is 3.03. The van der Waals surface area contributed by atoms with Gasteiger partial charge in [0, 0.05) is 34.2 Å². The highest BCUT2D eigenvalue weighted by Crippen LogP contribution is 2.31. The van der Waals surface area contributed by atoms with Crippen molar-refractivity contribution in [3.05, 3.63) is 71.0 Å². The van der Waals surface area contributed by atoms with E-state index in [0.717, 1.165) is 16.2 Å². The summed E-state index contributed by atoms with van der Waals surface area (Å²) in [5.74, 6) is -0.129. The molecule has 0 aliphatic carbocycles. The van der Waals surface area contributed by atoms with E-state index in [0.29, 0.717) is 27.9 Å². The maximum atomic E-state index is 13.1. The van der Waals surface area contributed by atoms with E-state index in [1.807, 2.05) is 0 Å². The number of amides is 1. The highest BCUT2D eigenvalue weighted by atomic mass is 79.9. The van der Waals surface area contributed by atoms with Crippen LogP contribution in [0.25, 0.3) is 0 Å². The fraction of sp³-hybridized carbons (Fsp3) is 0.182. The number of rotatable bonds is 9. The fourth-order valence-electron chi connectivity index (χ4n) is 2.68. The van der Waals surface area contributed by atoms with Gasteiger partial charge in [0.15, 0.2) is 16.7 Å². The lowest BCUT2D eigenvalue weighted by Crippen LogP contribution is -2.26. The van der Waals surface area contributed by atoms with Gasteiger partial charge in [-0.15, -0.1) is 0 Å². The molecule has 1 N–H and O–H groups in total. The van der Waals surface area contributed by atoms with Crippen LogP contribution in [0, 0.1) is 0 Å². The molecule has 0 aliphatic rings. The van der Waals surface area contributed by atoms with Crippen molar-refractivity contribution in [2.75, 3.05) is 25.3 Å². The molecule has 10 heteroatoms. The normalized spacial score (nSPS) is 11.3. The predicted octanol–water partition coefficient (Wildman–Crippen LogP) is 4.27. The summed E-state index contributed by atoms with van der Waals surface area (Å²) in [6.45, 7) is 0. The number of nitrogens with one attached hydrogen (secondary N) is 1. The number of thioether (sulfide) groups is 1. The lowest BCUT2D eigenvalue weighted by molar-refractivity contribution is -0.152. The number of aromatic nitrogens is 2. The molecule has 0 spiro atoms. The van der Waals surface area contributed by atoms with Gasteiger partial charge in [0.2, 0.25) is 6.10 Å². The Kier molecular flexibility index (Phi) is 8.46. The number of carbonyl (C=O) groups excluding carboxylic acids is 2. The summed E-state index contributed by atoms with van der Waals surface area (Å²) in [5, 5.41) is 3.21. The van der Waals surface area contributed by atoms with Crippen LogP contribution < -0.4 is 14.8 Å². The average Bonchev–Trinajstić information content (AvgIpc) is 2.82. The zero-order chi connectivity index (χ0) is 22.9. The van der Waals surface area contributed by atoms with Crippen LogP contribution in [0.5, 0.6) is 11.5 Å². The monoisotopic (exact) mass is 517 g/mol. The third-order valence-electron chi connectivity index (χ3n) is 4.17. The minimum absolute atomic E-state index is 0.0410. The largest absolute Gasteiger partial charge is 0.493 e. The van der Waals surface area contributed by atoms with Gasteiger partial charge < -0.3 is 19.5 Å². The number of hydrogen-bond acceptors (Lipinski definition) is 8. The molecule has 0 saturated carbocycles. The fourth-order valence-corrected chi connectivity index (χ4v) is 3.53. The molecule has 1 heterocycles. The highest BCUT2D eigenvalue weighted by Gasteiger charge is 2.26. The molecule has 0 aliphatic heterocycles. The minimum atomic E-state index is -1.15. The molecular weight excluding hydrogens is 498 g/mol. The zero-order valence-corrected chi connectivity index (χ0v) is 19.7. The summed E-state index contributed by atoms with van der Waals surface area (Å²) in [5.41, 5.74) is 0.998. The van der Waals surface area contributed by atoms with Crippen LogP contribution in [0.3, 0.4) is 0 Å². The van der Waals surface area contributed by atoms with Crippen molar-refractivity contribution >= 4 is 45.3 Å². The minimum Gasteiger partial charge on any atom is -0.493 e. The van der Waals surface area contributed by atoms with Gasteiger partial charge in [0.05, 0.1) is 20.0 Å². The Balaban J connectivity index is 1.75. The van der Waals surface area contributed by atoms with E-state index >= 15 is 0 Å². The molecule has 0 fully saturated rings. The van der Waals surface area contributed by atoms with Gasteiger partial charge >= 0.3 is 5.97 Å². The second-order valence-electron chi connectivity index (χ2n) is 6.30. The number of halogens is 1. The number of hydrogen-bond donors (Lipinski definition) is 1. The molecule has 0 bridgehead atoms. The first-order valence-corrected chi connectivity index (χ1v) is 11.2. The SMILES string of the molecule is COc1ccc(NC(=O)C(OC(=O)CSc2ncccn2)c2ccc(Br)cc2)cc1OC. The Hall–Kier alpha value is -3.11. The van der Waals surface area contributed by atoms with Crippen LogP contribution in [0.1, 0.15) is 11.7 Å². The third kappa shape index (κ3) is 6.44. The molecule has 3 rings (SSSR count). The van der Waals surface area contributed by atoms with Gasteiger partial charge in [0.1, 0.15) is 0 Å². The van der Waals surface area contributed by atoms with Crippen molar-refractivity contribution in [1.82, 2.24) is 9.97 Å². The zero-order valence-electron chi connectivity index (χ0n) is 17.3. The molecule has 166 valence electrons. The molecule has 8 nitrogen and oxygen atoms in total. The van der Waals surface area contributed by atoms with Crippen molar-refractivity contribution in [3.8, 4) is 11.5 Å². The first-order valence-electron chi connectivity index (χ1n) is 9.38. The summed E-state index contributed by atoms with van der Waals surface area (Å²) in [4.78, 5) is 33.7. The highest BCUT2D eigenvalue weighted by molar-refractivity contribution is 9.10. The van der Waals surface area contributed by atoms with Crippen LogP contribution in [0.2, 0.25) is 0 Å². The molecule has 1 amide bonds. The van der Waals surface area contributed by atoms with E-state index in [2.05, 4.69) is 31.2 Å². The first kappa shape index (κ1) is 23.6. The van der Waals surface area contributed by atoms with Crippen LogP contribution in [0.4, 0.5) is 5.69 Å². The smallest absolute Gasteiger partial charge is 0.317 e. The molecule has 1 aromatic heterocycles. The second kappa shape index (κ2) is 11.5. The molecule has 1 unspecified atom stereocenters. The lowest BCUT2D eigenvalue weighted by atomic mass is 10.1. The molecule has 0 radical (unpaired) electrons. The van der Waals surface area contributed by atoms with Gasteiger partial charge in [-0.05, 0) is 30.3 Å². The Morgan fingerprint density at radius 1 is 1.03 bits per heavy atom. The van der Waals surface area contributed by atoms with E-state index in [1.165, 1.54) is 14.2 Å². The van der Waals surface area contributed by atoms with Crippen LogP contribution >= 0.6 is 27.7 Å². The van der Waals surface area contributed by atoms with Crippen molar-refractivity contribution < 1.29 is 23.8 Å². The summed E-state index contributed by atoms with van der Waals surface area (Å²) < 4.78 is 16.9. The van der Waals surface area contributed by atoms with Crippen LogP contribution in [0.15, 0.2) is 70.6 Å². The quantitative estimate of drug-likeness (QED) is 0.255. The molecule has 0 saturated heterocycles. The van der Waals surface area contributed by atoms with E-state index in [-0.39, 0.29) is 5.75 Å². The molecule has 2 aromatic carbocycles. The average molecular weight is 518 g/mol. The molecular formula is C22H20BrN3O5S. The molecule has 1 atom stereocenters. The van der Waals surface area contributed by atoms with E-state index < -0.39 is 18.0 Å². The van der Waals surface area contributed by atoms with Crippen molar-refractivity contribution in [1.29, 1.82) is 0 Å². The standard InChI is InChI=1S/C22H20BrN3O5S/c1-29-17-9-8-16(12-18(17)30-2)26-21(28)20(14-4-6-15(23)7-5-14)31-19(27)13-32-22-24-10-3-11-25-22/h3-12,20H,13H2,1-2H3,(H,26,28). The number of methoxy groups -OCH3 is 2. The maximum absolute atomic E-state index is 13.1. The number of benzene rings is 2. The van der Waals surface area contributed by atoms with Gasteiger partial charge in [0.25, 0.3) is 5.91 Å². The summed E-state index contributed by atoms with van der Waals surface area (Å²) >= 11 is 4.49. The van der Waals surface area contributed by atoms with Crippen LogP contribution in [-0.2, 0) is 14.3 Å². The number of esters is 1. The Morgan fingerprint density at radius 3 is 2.38 bits per heavy atom. The summed E-state index contributed by atoms with van der Waals surface area (Å²) in [6.07, 6.45) is 2.02. The van der Waals surface area contributed by atoms with Crippen LogP contribution in [-0.4, -0.2) is 41.8 Å². The maximum Gasteiger partial charge on any atom is 0.317 e. The third-order valence-corrected chi connectivity index (χ3v) is 5.55. The van der Waals surface area contributed by atoms with Gasteiger partial charge in [-0.1, -0.05) is 39.8 Å². The number of anilines is 1. The van der Waals surface area contributed by atoms with E-state index in [9.17, 15) is 9.59 Å². The van der Waals surface area contributed by atoms with E-state index in [1.54, 1.807) is 60.9 Å². The van der Waals surface area contributed by atoms with Gasteiger partial charge in [-0.25, -0.2) is 9.97 Å². The van der Waals surface area contributed by atoms with Gasteiger partial charge in [-0.2, -0.15) is 0 Å². The number of ether oxygens (including phenoxy) is 3. The number of nitrogens with zero attached hydrogens (tertiary/aromatic N) is 2. The summed E-state index contributed by atoms with van der Waals surface area (Å²) in [6, 6.07) is 13.6. The van der Waals surface area contributed by atoms with Crippen molar-refractivity contribution in [2.45, 2.75) is 11.3 Å². The topological polar surface area (TPSA) is 99.6 Å². The second-order valence-corrected chi connectivity index (χ2v) is 8.16. The Morgan fingerprint density at radius 2 is 1.72 bits per heavy atom.